The SMILES string of the molecule is C=CC(=O)Oc1c2c(c(OC)c3ccccc13)CCC(C)C2. The van der Waals surface area contributed by atoms with Crippen molar-refractivity contribution in [2.75, 3.05) is 7.11 Å². The molecule has 22 heavy (non-hydrogen) atoms. The number of carbonyl (C=O) groups excluding carboxylic acids is 1. The Balaban J connectivity index is 2.32. The number of methoxy groups -OCH3 is 1. The summed E-state index contributed by atoms with van der Waals surface area (Å²) in [6, 6.07) is 7.91. The lowest BCUT2D eigenvalue weighted by Gasteiger charge is -2.27. The van der Waals surface area contributed by atoms with E-state index in [0.29, 0.717) is 11.7 Å². The van der Waals surface area contributed by atoms with Crippen molar-refractivity contribution in [1.82, 2.24) is 0 Å². The van der Waals surface area contributed by atoms with E-state index in [1.54, 1.807) is 7.11 Å². The van der Waals surface area contributed by atoms with Crippen LogP contribution in [0.15, 0.2) is 36.9 Å². The van der Waals surface area contributed by atoms with Gasteiger partial charge in [0.15, 0.2) is 0 Å². The summed E-state index contributed by atoms with van der Waals surface area (Å²) in [6.45, 7) is 5.72. The quantitative estimate of drug-likeness (QED) is 0.486. The van der Waals surface area contributed by atoms with Gasteiger partial charge in [0, 0.05) is 28.0 Å². The maximum Gasteiger partial charge on any atom is 0.335 e. The molecule has 0 saturated heterocycles. The van der Waals surface area contributed by atoms with E-state index in [-0.39, 0.29) is 0 Å². The standard InChI is InChI=1S/C19H20O3/c1-4-17(20)22-19-14-8-6-5-7-13(14)18(21-3)15-10-9-12(2)11-16(15)19/h4-8,12H,1,9-11H2,2-3H3. The topological polar surface area (TPSA) is 35.5 Å². The lowest BCUT2D eigenvalue weighted by molar-refractivity contribution is -0.128. The van der Waals surface area contributed by atoms with E-state index in [1.165, 1.54) is 11.6 Å². The molecule has 3 heteroatoms. The van der Waals surface area contributed by atoms with Crippen LogP contribution in [0.5, 0.6) is 11.5 Å². The molecule has 0 fully saturated rings. The zero-order valence-corrected chi connectivity index (χ0v) is 13.0. The van der Waals surface area contributed by atoms with E-state index in [1.807, 2.05) is 24.3 Å². The lowest BCUT2D eigenvalue weighted by atomic mass is 9.82. The molecule has 1 aliphatic rings. The first-order valence-corrected chi connectivity index (χ1v) is 7.60. The number of ether oxygens (including phenoxy) is 2. The average Bonchev–Trinajstić information content (AvgIpc) is 2.55. The molecule has 0 saturated carbocycles. The number of rotatable bonds is 3. The van der Waals surface area contributed by atoms with Gasteiger partial charge in [-0.1, -0.05) is 37.8 Å². The summed E-state index contributed by atoms with van der Waals surface area (Å²) >= 11 is 0. The van der Waals surface area contributed by atoms with Crippen molar-refractivity contribution >= 4 is 16.7 Å². The van der Waals surface area contributed by atoms with E-state index in [2.05, 4.69) is 13.5 Å². The fourth-order valence-corrected chi connectivity index (χ4v) is 3.29. The predicted octanol–water partition coefficient (Wildman–Crippen LogP) is 4.06. The van der Waals surface area contributed by atoms with Crippen LogP contribution in [-0.4, -0.2) is 13.1 Å². The van der Waals surface area contributed by atoms with E-state index in [9.17, 15) is 4.79 Å². The summed E-state index contributed by atoms with van der Waals surface area (Å²) in [5, 5.41) is 1.91. The molecule has 1 atom stereocenters. The molecular formula is C19H20O3. The zero-order chi connectivity index (χ0) is 15.7. The van der Waals surface area contributed by atoms with Gasteiger partial charge in [-0.15, -0.1) is 0 Å². The van der Waals surface area contributed by atoms with Gasteiger partial charge in [0.1, 0.15) is 11.5 Å². The van der Waals surface area contributed by atoms with Crippen LogP contribution in [0.1, 0.15) is 24.5 Å². The number of fused-ring (bicyclic) bond motifs is 2. The first-order chi connectivity index (χ1) is 10.7. The van der Waals surface area contributed by atoms with Crippen LogP contribution in [0.3, 0.4) is 0 Å². The van der Waals surface area contributed by atoms with Gasteiger partial charge < -0.3 is 9.47 Å². The summed E-state index contributed by atoms with van der Waals surface area (Å²) in [5.41, 5.74) is 2.27. The Morgan fingerprint density at radius 1 is 1.23 bits per heavy atom. The maximum absolute atomic E-state index is 11.8. The van der Waals surface area contributed by atoms with Gasteiger partial charge in [-0.3, -0.25) is 0 Å². The van der Waals surface area contributed by atoms with Crippen molar-refractivity contribution in [3.05, 3.63) is 48.0 Å². The summed E-state index contributed by atoms with van der Waals surface area (Å²) in [6.07, 6.45) is 4.17. The minimum Gasteiger partial charge on any atom is -0.496 e. The third-order valence-electron chi connectivity index (χ3n) is 4.34. The van der Waals surface area contributed by atoms with Crippen LogP contribution in [-0.2, 0) is 17.6 Å². The summed E-state index contributed by atoms with van der Waals surface area (Å²) in [4.78, 5) is 11.8. The number of benzene rings is 2. The minimum atomic E-state index is -0.421. The Bertz CT molecular complexity index is 746. The summed E-state index contributed by atoms with van der Waals surface area (Å²) in [7, 11) is 1.70. The molecule has 1 unspecified atom stereocenters. The van der Waals surface area contributed by atoms with Crippen LogP contribution in [0, 0.1) is 5.92 Å². The maximum atomic E-state index is 11.8. The van der Waals surface area contributed by atoms with Crippen molar-refractivity contribution in [2.45, 2.75) is 26.2 Å². The second kappa shape index (κ2) is 5.84. The molecule has 0 radical (unpaired) electrons. The van der Waals surface area contributed by atoms with Crippen molar-refractivity contribution < 1.29 is 14.3 Å². The first-order valence-electron chi connectivity index (χ1n) is 7.60. The van der Waals surface area contributed by atoms with Crippen LogP contribution < -0.4 is 9.47 Å². The fraction of sp³-hybridized carbons (Fsp3) is 0.316. The Labute approximate surface area is 130 Å². The monoisotopic (exact) mass is 296 g/mol. The van der Waals surface area contributed by atoms with Crippen LogP contribution >= 0.6 is 0 Å². The second-order valence-corrected chi connectivity index (χ2v) is 5.84. The van der Waals surface area contributed by atoms with Crippen LogP contribution in [0.4, 0.5) is 0 Å². The third-order valence-corrected chi connectivity index (χ3v) is 4.34. The molecule has 0 amide bonds. The van der Waals surface area contributed by atoms with E-state index in [0.717, 1.165) is 41.3 Å². The van der Waals surface area contributed by atoms with Gasteiger partial charge in [-0.25, -0.2) is 4.79 Å². The van der Waals surface area contributed by atoms with Crippen molar-refractivity contribution in [3.63, 3.8) is 0 Å². The normalized spacial score (nSPS) is 16.9. The highest BCUT2D eigenvalue weighted by molar-refractivity contribution is 5.98. The molecule has 0 bridgehead atoms. The molecule has 0 spiro atoms. The molecule has 0 aliphatic heterocycles. The van der Waals surface area contributed by atoms with Crippen LogP contribution in [0.2, 0.25) is 0 Å². The van der Waals surface area contributed by atoms with Gasteiger partial charge in [0.2, 0.25) is 0 Å². The molecule has 0 aromatic heterocycles. The molecule has 2 aromatic rings. The van der Waals surface area contributed by atoms with Crippen molar-refractivity contribution in [1.29, 1.82) is 0 Å². The highest BCUT2D eigenvalue weighted by Crippen LogP contribution is 2.45. The van der Waals surface area contributed by atoms with E-state index in [4.69, 9.17) is 9.47 Å². The predicted molar refractivity (Wildman–Crippen MR) is 87.5 cm³/mol. The largest absolute Gasteiger partial charge is 0.496 e. The Morgan fingerprint density at radius 2 is 1.91 bits per heavy atom. The molecule has 2 aromatic carbocycles. The molecule has 114 valence electrons. The van der Waals surface area contributed by atoms with Gasteiger partial charge in [0.25, 0.3) is 0 Å². The fourth-order valence-electron chi connectivity index (χ4n) is 3.29. The highest BCUT2D eigenvalue weighted by Gasteiger charge is 2.26. The average molecular weight is 296 g/mol. The number of carbonyl (C=O) groups is 1. The third kappa shape index (κ3) is 2.37. The van der Waals surface area contributed by atoms with Gasteiger partial charge in [-0.05, 0) is 25.2 Å². The number of esters is 1. The minimum absolute atomic E-state index is 0.421. The second-order valence-electron chi connectivity index (χ2n) is 5.84. The first kappa shape index (κ1) is 14.6. The molecule has 3 rings (SSSR count). The van der Waals surface area contributed by atoms with Crippen LogP contribution in [0.25, 0.3) is 10.8 Å². The molecule has 0 heterocycles. The van der Waals surface area contributed by atoms with Crippen molar-refractivity contribution in [3.8, 4) is 11.5 Å². The summed E-state index contributed by atoms with van der Waals surface area (Å²) < 4.78 is 11.3. The Kier molecular flexibility index (Phi) is 3.88. The summed E-state index contributed by atoms with van der Waals surface area (Å²) in [5.74, 6) is 1.73. The molecular weight excluding hydrogens is 276 g/mol. The molecule has 0 N–H and O–H groups in total. The number of hydrogen-bond donors (Lipinski definition) is 0. The van der Waals surface area contributed by atoms with Gasteiger partial charge >= 0.3 is 5.97 Å². The van der Waals surface area contributed by atoms with Gasteiger partial charge in [0.05, 0.1) is 7.11 Å². The Hall–Kier alpha value is -2.29. The lowest BCUT2D eigenvalue weighted by Crippen LogP contribution is -2.16. The highest BCUT2D eigenvalue weighted by atomic mass is 16.5. The smallest absolute Gasteiger partial charge is 0.335 e. The van der Waals surface area contributed by atoms with E-state index >= 15 is 0 Å². The molecule has 3 nitrogen and oxygen atoms in total. The molecule has 1 aliphatic carbocycles. The van der Waals surface area contributed by atoms with Gasteiger partial charge in [-0.2, -0.15) is 0 Å². The van der Waals surface area contributed by atoms with E-state index < -0.39 is 5.97 Å². The van der Waals surface area contributed by atoms with Crippen molar-refractivity contribution in [2.24, 2.45) is 5.92 Å². The zero-order valence-electron chi connectivity index (χ0n) is 13.0. The Morgan fingerprint density at radius 3 is 2.55 bits per heavy atom. The number of hydrogen-bond acceptors (Lipinski definition) is 3.